The molecule has 0 bridgehead atoms. The van der Waals surface area contributed by atoms with Crippen LogP contribution in [0.2, 0.25) is 12.1 Å². The van der Waals surface area contributed by atoms with E-state index in [-0.39, 0.29) is 0 Å². The quantitative estimate of drug-likeness (QED) is 0.432. The Morgan fingerprint density at radius 3 is 1.75 bits per heavy atom. The molecule has 1 rings (SSSR count). The molecule has 1 saturated carbocycles. The molecular weight excluding hydrogens is 272 g/mol. The van der Waals surface area contributed by atoms with Crippen LogP contribution in [0.25, 0.3) is 0 Å². The monoisotopic (exact) mass is 304 g/mol. The summed E-state index contributed by atoms with van der Waals surface area (Å²) in [6.07, 6.45) is 6.50. The number of hydrogen-bond acceptors (Lipinski definition) is 4. The summed E-state index contributed by atoms with van der Waals surface area (Å²) >= 11 is 0. The first-order valence-corrected chi connectivity index (χ1v) is 10.6. The van der Waals surface area contributed by atoms with Crippen LogP contribution in [0.3, 0.4) is 0 Å². The third-order valence-corrected chi connectivity index (χ3v) is 7.60. The average molecular weight is 305 g/mol. The highest BCUT2D eigenvalue weighted by atomic mass is 28.4. The van der Waals surface area contributed by atoms with Gasteiger partial charge in [-0.3, -0.25) is 0 Å². The maximum atomic E-state index is 6.19. The lowest BCUT2D eigenvalue weighted by Gasteiger charge is -2.36. The zero-order valence-electron chi connectivity index (χ0n) is 13.5. The zero-order valence-corrected chi connectivity index (χ0v) is 14.5. The van der Waals surface area contributed by atoms with Gasteiger partial charge in [-0.25, -0.2) is 0 Å². The topological polar surface area (TPSA) is 36.9 Å². The smallest absolute Gasteiger partial charge is 0.338 e. The van der Waals surface area contributed by atoms with Crippen molar-refractivity contribution in [2.45, 2.75) is 58.0 Å². The summed E-state index contributed by atoms with van der Waals surface area (Å²) in [5, 5.41) is 0. The van der Waals surface area contributed by atoms with Crippen LogP contribution in [0, 0.1) is 0 Å². The van der Waals surface area contributed by atoms with Crippen molar-refractivity contribution in [1.29, 1.82) is 0 Å². The fraction of sp³-hybridized carbons (Fsp3) is 1.00. The molecule has 0 spiro atoms. The molecule has 0 heterocycles. The molecule has 0 aromatic carbocycles. The van der Waals surface area contributed by atoms with E-state index in [2.05, 4.69) is 6.55 Å². The van der Waals surface area contributed by atoms with Crippen molar-refractivity contribution in [3.63, 3.8) is 0 Å². The average Bonchev–Trinajstić information content (AvgIpc) is 2.49. The maximum Gasteiger partial charge on any atom is 0.338 e. The molecule has 1 aliphatic rings. The van der Waals surface area contributed by atoms with Crippen LogP contribution in [0.4, 0.5) is 0 Å². The van der Waals surface area contributed by atoms with Gasteiger partial charge in [0.1, 0.15) is 0 Å². The highest BCUT2D eigenvalue weighted by Gasteiger charge is 2.41. The van der Waals surface area contributed by atoms with Crippen molar-refractivity contribution < 1.29 is 18.3 Å². The highest BCUT2D eigenvalue weighted by Crippen LogP contribution is 2.38. The molecule has 0 saturated heterocycles. The summed E-state index contributed by atoms with van der Waals surface area (Å²) in [5.74, 6) is 0. The van der Waals surface area contributed by atoms with Gasteiger partial charge in [0.15, 0.2) is 0 Å². The van der Waals surface area contributed by atoms with Crippen LogP contribution in [0.5, 0.6) is 0 Å². The molecule has 4 nitrogen and oxygen atoms in total. The van der Waals surface area contributed by atoms with E-state index >= 15 is 0 Å². The molecule has 20 heavy (non-hydrogen) atoms. The molecule has 0 N–H and O–H groups in total. The van der Waals surface area contributed by atoms with Gasteiger partial charge in [0.25, 0.3) is 0 Å². The standard InChI is InChI=1S/C15H32O4Si/c1-4-16-11-13-18-20(3,19-14-12-17-5-2)15-9-7-6-8-10-15/h15H,4-14H2,1-3H3. The first kappa shape index (κ1) is 18.1. The zero-order chi connectivity index (χ0) is 14.7. The second-order valence-electron chi connectivity index (χ2n) is 5.44. The molecule has 0 aromatic rings. The Labute approximate surface area is 125 Å². The minimum atomic E-state index is -2.11. The van der Waals surface area contributed by atoms with Crippen LogP contribution in [0.15, 0.2) is 0 Å². The van der Waals surface area contributed by atoms with Gasteiger partial charge in [0, 0.05) is 18.8 Å². The van der Waals surface area contributed by atoms with Crippen LogP contribution in [0.1, 0.15) is 46.0 Å². The normalized spacial score (nSPS) is 17.6. The van der Waals surface area contributed by atoms with E-state index in [9.17, 15) is 0 Å². The second kappa shape index (κ2) is 10.7. The van der Waals surface area contributed by atoms with E-state index in [1.165, 1.54) is 32.1 Å². The predicted molar refractivity (Wildman–Crippen MR) is 83.3 cm³/mol. The van der Waals surface area contributed by atoms with Crippen LogP contribution in [-0.4, -0.2) is 48.2 Å². The van der Waals surface area contributed by atoms with E-state index in [1.54, 1.807) is 0 Å². The van der Waals surface area contributed by atoms with Gasteiger partial charge in [-0.15, -0.1) is 0 Å². The van der Waals surface area contributed by atoms with Gasteiger partial charge >= 0.3 is 8.56 Å². The third kappa shape index (κ3) is 6.67. The molecule has 5 heteroatoms. The highest BCUT2D eigenvalue weighted by molar-refractivity contribution is 6.67. The lowest BCUT2D eigenvalue weighted by molar-refractivity contribution is 0.0613. The van der Waals surface area contributed by atoms with E-state index in [4.69, 9.17) is 18.3 Å². The van der Waals surface area contributed by atoms with Crippen LogP contribution >= 0.6 is 0 Å². The summed E-state index contributed by atoms with van der Waals surface area (Å²) in [6, 6.07) is 0. The maximum absolute atomic E-state index is 6.19. The molecule has 0 radical (unpaired) electrons. The van der Waals surface area contributed by atoms with Crippen molar-refractivity contribution in [1.82, 2.24) is 0 Å². The molecule has 0 aromatic heterocycles. The Morgan fingerprint density at radius 1 is 0.800 bits per heavy atom. The summed E-state index contributed by atoms with van der Waals surface area (Å²) in [6.45, 7) is 10.4. The summed E-state index contributed by atoms with van der Waals surface area (Å²) in [5.41, 5.74) is 0.625. The van der Waals surface area contributed by atoms with Crippen molar-refractivity contribution in [3.05, 3.63) is 0 Å². The van der Waals surface area contributed by atoms with Gasteiger partial charge < -0.3 is 18.3 Å². The summed E-state index contributed by atoms with van der Waals surface area (Å²) in [7, 11) is -2.11. The first-order chi connectivity index (χ1) is 9.73. The van der Waals surface area contributed by atoms with E-state index in [0.29, 0.717) is 32.0 Å². The SMILES string of the molecule is CCOCCO[Si](C)(OCCOCC)C1CCCCC1. The molecule has 0 atom stereocenters. The van der Waals surface area contributed by atoms with Gasteiger partial charge in [-0.05, 0) is 33.2 Å². The number of hydrogen-bond donors (Lipinski definition) is 0. The van der Waals surface area contributed by atoms with E-state index in [0.717, 1.165) is 13.2 Å². The lowest BCUT2D eigenvalue weighted by Crippen LogP contribution is -2.46. The van der Waals surface area contributed by atoms with Gasteiger partial charge in [0.05, 0.1) is 26.4 Å². The predicted octanol–water partition coefficient (Wildman–Crippen LogP) is 3.50. The molecule has 0 amide bonds. The van der Waals surface area contributed by atoms with E-state index in [1.807, 2.05) is 13.8 Å². The van der Waals surface area contributed by atoms with Crippen molar-refractivity contribution in [2.24, 2.45) is 0 Å². The molecule has 1 fully saturated rings. The second-order valence-corrected chi connectivity index (χ2v) is 8.87. The third-order valence-electron chi connectivity index (χ3n) is 3.99. The largest absolute Gasteiger partial charge is 0.392 e. The van der Waals surface area contributed by atoms with Crippen molar-refractivity contribution >= 4 is 8.56 Å². The Balaban J connectivity index is 2.42. The van der Waals surface area contributed by atoms with Gasteiger partial charge in [0.2, 0.25) is 0 Å². The van der Waals surface area contributed by atoms with Gasteiger partial charge in [-0.1, -0.05) is 19.3 Å². The summed E-state index contributed by atoms with van der Waals surface area (Å²) < 4.78 is 23.1. The lowest BCUT2D eigenvalue weighted by atomic mass is 10.0. The van der Waals surface area contributed by atoms with E-state index < -0.39 is 8.56 Å². The molecule has 0 unspecified atom stereocenters. The van der Waals surface area contributed by atoms with Crippen molar-refractivity contribution in [3.8, 4) is 0 Å². The van der Waals surface area contributed by atoms with Gasteiger partial charge in [-0.2, -0.15) is 0 Å². The fourth-order valence-electron chi connectivity index (χ4n) is 2.80. The number of ether oxygens (including phenoxy) is 2. The minimum absolute atomic E-state index is 0.625. The molecule has 0 aliphatic heterocycles. The minimum Gasteiger partial charge on any atom is -0.392 e. The molecular formula is C15H32O4Si. The molecule has 120 valence electrons. The van der Waals surface area contributed by atoms with Crippen LogP contribution < -0.4 is 0 Å². The Morgan fingerprint density at radius 2 is 1.30 bits per heavy atom. The molecule has 1 aliphatic carbocycles. The first-order valence-electron chi connectivity index (χ1n) is 8.16. The van der Waals surface area contributed by atoms with Crippen molar-refractivity contribution in [2.75, 3.05) is 39.6 Å². The fourth-order valence-corrected chi connectivity index (χ4v) is 5.79. The Kier molecular flexibility index (Phi) is 9.72. The Hall–Kier alpha value is 0.0569. The number of rotatable bonds is 11. The van der Waals surface area contributed by atoms with Crippen LogP contribution in [-0.2, 0) is 18.3 Å². The summed E-state index contributed by atoms with van der Waals surface area (Å²) in [4.78, 5) is 0. The Bertz CT molecular complexity index is 220.